The molecule has 1 aliphatic carbocycles. The second-order valence-electron chi connectivity index (χ2n) is 4.59. The largest absolute Gasteiger partial charge is 0.384 e. The number of hydrogen-bond donors (Lipinski definition) is 1. The highest BCUT2D eigenvalue weighted by Gasteiger charge is 2.27. The van der Waals surface area contributed by atoms with Crippen LogP contribution in [0.25, 0.3) is 0 Å². The quantitative estimate of drug-likeness (QED) is 0.684. The number of thioether (sulfide) groups is 1. The van der Waals surface area contributed by atoms with Gasteiger partial charge in [0.1, 0.15) is 6.61 Å². The average molecular weight is 286 g/mol. The van der Waals surface area contributed by atoms with Crippen molar-refractivity contribution in [2.45, 2.75) is 29.8 Å². The first kappa shape index (κ1) is 13.2. The van der Waals surface area contributed by atoms with Crippen LogP contribution in [0.2, 0.25) is 0 Å². The summed E-state index contributed by atoms with van der Waals surface area (Å²) >= 11 is 1.64. The van der Waals surface area contributed by atoms with E-state index in [2.05, 4.69) is 33.4 Å². The predicted molar refractivity (Wildman–Crippen MR) is 76.1 cm³/mol. The molecule has 1 aliphatic rings. The molecule has 5 nitrogen and oxygen atoms in total. The van der Waals surface area contributed by atoms with Crippen LogP contribution in [0.3, 0.4) is 0 Å². The number of rotatable bonds is 4. The Morgan fingerprint density at radius 1 is 1.40 bits per heavy atom. The van der Waals surface area contributed by atoms with Crippen LogP contribution >= 0.6 is 11.8 Å². The van der Waals surface area contributed by atoms with E-state index < -0.39 is 0 Å². The minimum Gasteiger partial charge on any atom is -0.384 e. The van der Waals surface area contributed by atoms with Crippen molar-refractivity contribution in [3.8, 4) is 11.8 Å². The second kappa shape index (κ2) is 6.07. The Bertz CT molecular complexity index is 654. The first-order valence-corrected chi connectivity index (χ1v) is 7.45. The number of nitrogens with zero attached hydrogens (tertiary/aromatic N) is 4. The van der Waals surface area contributed by atoms with Crippen LogP contribution in [-0.4, -0.2) is 31.9 Å². The lowest BCUT2D eigenvalue weighted by Gasteiger charge is -2.03. The molecule has 0 radical (unpaired) electrons. The minimum absolute atomic E-state index is 0.116. The SMILES string of the molecule is OCC#Cc1cccc(CSc2nnnn2C2CC2)c1. The van der Waals surface area contributed by atoms with Gasteiger partial charge >= 0.3 is 0 Å². The lowest BCUT2D eigenvalue weighted by Crippen LogP contribution is -1.98. The molecule has 1 aromatic heterocycles. The topological polar surface area (TPSA) is 63.8 Å². The lowest BCUT2D eigenvalue weighted by atomic mass is 10.1. The highest BCUT2D eigenvalue weighted by atomic mass is 32.2. The van der Waals surface area contributed by atoms with Crippen LogP contribution in [0.15, 0.2) is 29.4 Å². The number of aliphatic hydroxyl groups is 1. The molecular formula is C14H14N4OS. The van der Waals surface area contributed by atoms with E-state index in [4.69, 9.17) is 5.11 Å². The molecule has 1 fully saturated rings. The molecule has 0 saturated heterocycles. The smallest absolute Gasteiger partial charge is 0.209 e. The summed E-state index contributed by atoms with van der Waals surface area (Å²) < 4.78 is 1.92. The van der Waals surface area contributed by atoms with Crippen molar-refractivity contribution in [2.24, 2.45) is 0 Å². The predicted octanol–water partition coefficient (Wildman–Crippen LogP) is 1.64. The van der Waals surface area contributed by atoms with Crippen molar-refractivity contribution in [2.75, 3.05) is 6.61 Å². The third kappa shape index (κ3) is 3.18. The van der Waals surface area contributed by atoms with Crippen LogP contribution < -0.4 is 0 Å². The van der Waals surface area contributed by atoms with Gasteiger partial charge in [-0.25, -0.2) is 4.68 Å². The van der Waals surface area contributed by atoms with Crippen molar-refractivity contribution < 1.29 is 5.11 Å². The molecule has 102 valence electrons. The summed E-state index contributed by atoms with van der Waals surface area (Å²) in [4.78, 5) is 0. The Morgan fingerprint density at radius 2 is 2.30 bits per heavy atom. The number of tetrazole rings is 1. The van der Waals surface area contributed by atoms with E-state index in [1.54, 1.807) is 11.8 Å². The highest BCUT2D eigenvalue weighted by molar-refractivity contribution is 7.98. The number of benzene rings is 1. The van der Waals surface area contributed by atoms with E-state index in [1.165, 1.54) is 18.4 Å². The summed E-state index contributed by atoms with van der Waals surface area (Å²) in [6, 6.07) is 8.49. The van der Waals surface area contributed by atoms with Crippen LogP contribution in [0.1, 0.15) is 30.0 Å². The Hall–Kier alpha value is -1.84. The summed E-state index contributed by atoms with van der Waals surface area (Å²) in [6.45, 7) is -0.116. The molecule has 0 amide bonds. The van der Waals surface area contributed by atoms with Gasteiger partial charge in [0.05, 0.1) is 6.04 Å². The van der Waals surface area contributed by atoms with Gasteiger partial charge in [-0.1, -0.05) is 35.7 Å². The molecule has 0 spiro atoms. The lowest BCUT2D eigenvalue weighted by molar-refractivity contribution is 0.350. The Kier molecular flexibility index (Phi) is 4.00. The van der Waals surface area contributed by atoms with Gasteiger partial charge in [-0.05, 0) is 41.0 Å². The fraction of sp³-hybridized carbons (Fsp3) is 0.357. The van der Waals surface area contributed by atoms with Crippen molar-refractivity contribution in [3.05, 3.63) is 35.4 Å². The summed E-state index contributed by atoms with van der Waals surface area (Å²) in [6.07, 6.45) is 2.34. The van der Waals surface area contributed by atoms with E-state index in [9.17, 15) is 0 Å². The van der Waals surface area contributed by atoms with Gasteiger partial charge in [-0.2, -0.15) is 0 Å². The molecule has 0 unspecified atom stereocenters. The normalized spacial score (nSPS) is 13.8. The summed E-state index contributed by atoms with van der Waals surface area (Å²) in [5, 5.41) is 21.4. The van der Waals surface area contributed by atoms with Gasteiger partial charge in [0.15, 0.2) is 0 Å². The van der Waals surface area contributed by atoms with E-state index in [0.29, 0.717) is 6.04 Å². The van der Waals surface area contributed by atoms with Gasteiger partial charge in [-0.15, -0.1) is 5.10 Å². The molecule has 3 rings (SSSR count). The van der Waals surface area contributed by atoms with Crippen molar-refractivity contribution in [1.82, 2.24) is 20.2 Å². The molecule has 20 heavy (non-hydrogen) atoms. The standard InChI is InChI=1S/C14H14N4OS/c19-8-2-5-11-3-1-4-12(9-11)10-20-14-15-16-17-18(14)13-6-7-13/h1,3-4,9,13,19H,6-8,10H2. The van der Waals surface area contributed by atoms with Gasteiger partial charge in [0, 0.05) is 11.3 Å². The first-order valence-electron chi connectivity index (χ1n) is 6.46. The molecule has 0 aliphatic heterocycles. The van der Waals surface area contributed by atoms with Crippen LogP contribution in [0.5, 0.6) is 0 Å². The van der Waals surface area contributed by atoms with E-state index in [-0.39, 0.29) is 6.61 Å². The van der Waals surface area contributed by atoms with Gasteiger partial charge < -0.3 is 5.11 Å². The number of aliphatic hydroxyl groups excluding tert-OH is 1. The zero-order valence-electron chi connectivity index (χ0n) is 10.9. The Labute approximate surface area is 121 Å². The van der Waals surface area contributed by atoms with E-state index in [1.807, 2.05) is 22.9 Å². The minimum atomic E-state index is -0.116. The zero-order valence-corrected chi connectivity index (χ0v) is 11.7. The average Bonchev–Trinajstić information content (AvgIpc) is 3.22. The molecule has 1 heterocycles. The van der Waals surface area contributed by atoms with Gasteiger partial charge in [-0.3, -0.25) is 0 Å². The monoisotopic (exact) mass is 286 g/mol. The maximum absolute atomic E-state index is 8.71. The van der Waals surface area contributed by atoms with Crippen molar-refractivity contribution in [3.63, 3.8) is 0 Å². The van der Waals surface area contributed by atoms with Crippen molar-refractivity contribution >= 4 is 11.8 Å². The molecule has 1 saturated carbocycles. The second-order valence-corrected chi connectivity index (χ2v) is 5.53. The third-order valence-electron chi connectivity index (χ3n) is 2.96. The molecule has 6 heteroatoms. The Morgan fingerprint density at radius 3 is 3.10 bits per heavy atom. The maximum Gasteiger partial charge on any atom is 0.209 e. The fourth-order valence-corrected chi connectivity index (χ4v) is 2.74. The van der Waals surface area contributed by atoms with Crippen LogP contribution in [0.4, 0.5) is 0 Å². The first-order chi connectivity index (χ1) is 9.86. The van der Waals surface area contributed by atoms with Crippen LogP contribution in [0, 0.1) is 11.8 Å². The third-order valence-corrected chi connectivity index (χ3v) is 3.97. The fourth-order valence-electron chi connectivity index (χ4n) is 1.86. The molecule has 0 atom stereocenters. The van der Waals surface area contributed by atoms with Crippen molar-refractivity contribution in [1.29, 1.82) is 0 Å². The molecule has 1 aromatic carbocycles. The molecular weight excluding hydrogens is 272 g/mol. The molecule has 0 bridgehead atoms. The van der Waals surface area contributed by atoms with E-state index >= 15 is 0 Å². The number of hydrogen-bond acceptors (Lipinski definition) is 5. The summed E-state index contributed by atoms with van der Waals surface area (Å²) in [7, 11) is 0. The maximum atomic E-state index is 8.71. The molecule has 2 aromatic rings. The Balaban J connectivity index is 1.67. The highest BCUT2D eigenvalue weighted by Crippen LogP contribution is 2.36. The summed E-state index contributed by atoms with van der Waals surface area (Å²) in [5.74, 6) is 6.38. The van der Waals surface area contributed by atoms with E-state index in [0.717, 1.165) is 16.5 Å². The van der Waals surface area contributed by atoms with Gasteiger partial charge in [0.2, 0.25) is 5.16 Å². The zero-order chi connectivity index (χ0) is 13.8. The molecule has 1 N–H and O–H groups in total. The van der Waals surface area contributed by atoms with Gasteiger partial charge in [0.25, 0.3) is 0 Å². The number of aromatic nitrogens is 4. The van der Waals surface area contributed by atoms with Crippen LogP contribution in [-0.2, 0) is 5.75 Å². The summed E-state index contributed by atoms with van der Waals surface area (Å²) in [5.41, 5.74) is 2.09.